The quantitative estimate of drug-likeness (QED) is 0.747. The van der Waals surface area contributed by atoms with E-state index in [1.54, 1.807) is 36.7 Å². The van der Waals surface area contributed by atoms with Gasteiger partial charge in [0.15, 0.2) is 6.61 Å². The van der Waals surface area contributed by atoms with E-state index in [1.807, 2.05) is 25.1 Å². The molecule has 0 saturated heterocycles. The predicted octanol–water partition coefficient (Wildman–Crippen LogP) is 2.73. The number of nitrogens with zero attached hydrogens (tertiary/aromatic N) is 2. The number of hydrogen-bond acceptors (Lipinski definition) is 5. The van der Waals surface area contributed by atoms with Crippen molar-refractivity contribution in [3.63, 3.8) is 0 Å². The lowest BCUT2D eigenvalue weighted by Crippen LogP contribution is -2.21. The lowest BCUT2D eigenvalue weighted by atomic mass is 10.2. The second-order valence-electron chi connectivity index (χ2n) is 5.20. The van der Waals surface area contributed by atoms with Crippen molar-refractivity contribution >= 4 is 28.6 Å². The Labute approximate surface area is 138 Å². The van der Waals surface area contributed by atoms with Crippen molar-refractivity contribution in [3.05, 3.63) is 66.0 Å². The third kappa shape index (κ3) is 3.55. The van der Waals surface area contributed by atoms with Gasteiger partial charge in [-0.3, -0.25) is 14.8 Å². The average molecular weight is 321 g/mol. The summed E-state index contributed by atoms with van der Waals surface area (Å²) >= 11 is 0. The number of ether oxygens (including phenoxy) is 1. The van der Waals surface area contributed by atoms with Crippen molar-refractivity contribution in [1.29, 1.82) is 0 Å². The Hall–Kier alpha value is -3.28. The van der Waals surface area contributed by atoms with Crippen LogP contribution in [0.4, 0.5) is 5.69 Å². The Morgan fingerprint density at radius 1 is 1.04 bits per heavy atom. The molecule has 1 N–H and O–H groups in total. The maximum atomic E-state index is 12.1. The van der Waals surface area contributed by atoms with E-state index in [2.05, 4.69) is 15.3 Å². The first-order valence-electron chi connectivity index (χ1n) is 7.37. The minimum Gasteiger partial charge on any atom is -0.452 e. The van der Waals surface area contributed by atoms with Crippen LogP contribution in [0.25, 0.3) is 11.0 Å². The zero-order chi connectivity index (χ0) is 16.9. The van der Waals surface area contributed by atoms with Crippen LogP contribution in [0.5, 0.6) is 0 Å². The minimum atomic E-state index is -0.581. The van der Waals surface area contributed by atoms with Crippen molar-refractivity contribution in [2.45, 2.75) is 6.92 Å². The molecule has 1 heterocycles. The molecular formula is C18H15N3O3. The number of fused-ring (bicyclic) bond motifs is 1. The zero-order valence-corrected chi connectivity index (χ0v) is 13.0. The molecule has 6 heteroatoms. The van der Waals surface area contributed by atoms with Gasteiger partial charge in [0.1, 0.15) is 0 Å². The highest BCUT2D eigenvalue weighted by molar-refractivity contribution is 5.97. The number of aryl methyl sites for hydroxylation is 1. The molecule has 0 bridgehead atoms. The molecule has 3 aromatic rings. The van der Waals surface area contributed by atoms with Gasteiger partial charge in [-0.15, -0.1) is 0 Å². The predicted molar refractivity (Wildman–Crippen MR) is 89.6 cm³/mol. The highest BCUT2D eigenvalue weighted by atomic mass is 16.5. The first-order chi connectivity index (χ1) is 11.6. The van der Waals surface area contributed by atoms with E-state index >= 15 is 0 Å². The van der Waals surface area contributed by atoms with Crippen molar-refractivity contribution in [2.24, 2.45) is 0 Å². The number of carbonyl (C=O) groups excluding carboxylic acids is 2. The summed E-state index contributed by atoms with van der Waals surface area (Å²) in [5.41, 5.74) is 3.24. The molecular weight excluding hydrogens is 306 g/mol. The normalized spacial score (nSPS) is 10.4. The van der Waals surface area contributed by atoms with Gasteiger partial charge < -0.3 is 10.1 Å². The van der Waals surface area contributed by atoms with Crippen LogP contribution >= 0.6 is 0 Å². The third-order valence-electron chi connectivity index (χ3n) is 3.46. The smallest absolute Gasteiger partial charge is 0.338 e. The molecule has 0 saturated carbocycles. The number of hydrogen-bond donors (Lipinski definition) is 1. The summed E-state index contributed by atoms with van der Waals surface area (Å²) in [6.07, 6.45) is 3.13. The molecule has 120 valence electrons. The minimum absolute atomic E-state index is 0.326. The van der Waals surface area contributed by atoms with Gasteiger partial charge >= 0.3 is 5.97 Å². The van der Waals surface area contributed by atoms with E-state index in [9.17, 15) is 9.59 Å². The van der Waals surface area contributed by atoms with Gasteiger partial charge in [-0.25, -0.2) is 4.79 Å². The summed E-state index contributed by atoms with van der Waals surface area (Å²) in [7, 11) is 0. The largest absolute Gasteiger partial charge is 0.452 e. The number of aromatic nitrogens is 2. The van der Waals surface area contributed by atoms with Crippen molar-refractivity contribution < 1.29 is 14.3 Å². The van der Waals surface area contributed by atoms with Gasteiger partial charge in [0.25, 0.3) is 5.91 Å². The molecule has 1 aromatic heterocycles. The SMILES string of the molecule is Cc1ccccc1NC(=O)COC(=O)c1ccc2nccnc2c1. The van der Waals surface area contributed by atoms with Gasteiger partial charge in [0, 0.05) is 18.1 Å². The summed E-state index contributed by atoms with van der Waals surface area (Å²) in [5, 5.41) is 2.71. The van der Waals surface area contributed by atoms with E-state index in [0.29, 0.717) is 22.3 Å². The van der Waals surface area contributed by atoms with Crippen LogP contribution in [0.3, 0.4) is 0 Å². The summed E-state index contributed by atoms with van der Waals surface area (Å²) < 4.78 is 5.05. The van der Waals surface area contributed by atoms with Crippen LogP contribution in [-0.2, 0) is 9.53 Å². The first-order valence-corrected chi connectivity index (χ1v) is 7.37. The highest BCUT2D eigenvalue weighted by Crippen LogP contribution is 2.14. The summed E-state index contributed by atoms with van der Waals surface area (Å²) in [5.74, 6) is -0.972. The van der Waals surface area contributed by atoms with E-state index in [4.69, 9.17) is 4.74 Å². The van der Waals surface area contributed by atoms with E-state index < -0.39 is 11.9 Å². The molecule has 0 radical (unpaired) electrons. The Balaban J connectivity index is 1.62. The molecule has 1 amide bonds. The molecule has 0 fully saturated rings. The maximum Gasteiger partial charge on any atom is 0.338 e. The lowest BCUT2D eigenvalue weighted by Gasteiger charge is -2.09. The van der Waals surface area contributed by atoms with E-state index in [0.717, 1.165) is 5.56 Å². The van der Waals surface area contributed by atoms with Crippen LogP contribution in [0.2, 0.25) is 0 Å². The molecule has 3 rings (SSSR count). The lowest BCUT2D eigenvalue weighted by molar-refractivity contribution is -0.119. The molecule has 6 nitrogen and oxygen atoms in total. The summed E-state index contributed by atoms with van der Waals surface area (Å²) in [6, 6.07) is 12.3. The summed E-state index contributed by atoms with van der Waals surface area (Å²) in [6.45, 7) is 1.53. The van der Waals surface area contributed by atoms with Crippen molar-refractivity contribution in [1.82, 2.24) is 9.97 Å². The first kappa shape index (κ1) is 15.6. The molecule has 2 aromatic carbocycles. The molecule has 0 spiro atoms. The average Bonchev–Trinajstić information content (AvgIpc) is 2.61. The summed E-state index contributed by atoms with van der Waals surface area (Å²) in [4.78, 5) is 32.2. The highest BCUT2D eigenvalue weighted by Gasteiger charge is 2.12. The third-order valence-corrected chi connectivity index (χ3v) is 3.46. The number of amides is 1. The monoisotopic (exact) mass is 321 g/mol. The van der Waals surface area contributed by atoms with Crippen molar-refractivity contribution in [3.8, 4) is 0 Å². The number of nitrogens with one attached hydrogen (secondary N) is 1. The Kier molecular flexibility index (Phi) is 4.47. The Morgan fingerprint density at radius 3 is 2.58 bits per heavy atom. The Morgan fingerprint density at radius 2 is 1.79 bits per heavy atom. The van der Waals surface area contributed by atoms with Crippen LogP contribution in [0.1, 0.15) is 15.9 Å². The molecule has 0 aliphatic carbocycles. The van der Waals surface area contributed by atoms with E-state index in [1.165, 1.54) is 0 Å². The molecule has 24 heavy (non-hydrogen) atoms. The molecule has 0 aliphatic rings. The number of benzene rings is 2. The number of para-hydroxylation sites is 1. The fourth-order valence-electron chi connectivity index (χ4n) is 2.20. The number of carbonyl (C=O) groups is 2. The molecule has 0 unspecified atom stereocenters. The van der Waals surface area contributed by atoms with Crippen LogP contribution in [-0.4, -0.2) is 28.5 Å². The number of anilines is 1. The second kappa shape index (κ2) is 6.87. The van der Waals surface area contributed by atoms with Crippen LogP contribution < -0.4 is 5.32 Å². The Bertz CT molecular complexity index is 909. The number of rotatable bonds is 4. The van der Waals surface area contributed by atoms with Gasteiger partial charge in [-0.05, 0) is 36.8 Å². The van der Waals surface area contributed by atoms with Gasteiger partial charge in [0.2, 0.25) is 0 Å². The van der Waals surface area contributed by atoms with E-state index in [-0.39, 0.29) is 6.61 Å². The van der Waals surface area contributed by atoms with Crippen LogP contribution in [0.15, 0.2) is 54.9 Å². The van der Waals surface area contributed by atoms with Gasteiger partial charge in [0.05, 0.1) is 16.6 Å². The van der Waals surface area contributed by atoms with Crippen LogP contribution in [0, 0.1) is 6.92 Å². The number of esters is 1. The van der Waals surface area contributed by atoms with Gasteiger partial charge in [-0.2, -0.15) is 0 Å². The molecule has 0 aliphatic heterocycles. The van der Waals surface area contributed by atoms with Crippen molar-refractivity contribution in [2.75, 3.05) is 11.9 Å². The maximum absolute atomic E-state index is 12.1. The fraction of sp³-hybridized carbons (Fsp3) is 0.111. The molecule has 0 atom stereocenters. The zero-order valence-electron chi connectivity index (χ0n) is 13.0. The standard InChI is InChI=1S/C18H15N3O3/c1-12-4-2-3-5-14(12)21-17(22)11-24-18(23)13-6-7-15-16(10-13)20-9-8-19-15/h2-10H,11H2,1H3,(H,21,22). The fourth-order valence-corrected chi connectivity index (χ4v) is 2.20. The topological polar surface area (TPSA) is 81.2 Å². The second-order valence-corrected chi connectivity index (χ2v) is 5.20. The van der Waals surface area contributed by atoms with Gasteiger partial charge in [-0.1, -0.05) is 18.2 Å².